The third-order valence-corrected chi connectivity index (χ3v) is 6.25. The highest BCUT2D eigenvalue weighted by molar-refractivity contribution is 7.10. The fourth-order valence-electron chi connectivity index (χ4n) is 3.17. The van der Waals surface area contributed by atoms with Crippen LogP contribution in [0, 0.1) is 5.92 Å². The number of imide groups is 1. The van der Waals surface area contributed by atoms with Crippen molar-refractivity contribution in [1.29, 1.82) is 0 Å². The Balaban J connectivity index is 1.67. The van der Waals surface area contributed by atoms with E-state index in [1.165, 1.54) is 20.2 Å². The van der Waals surface area contributed by atoms with Gasteiger partial charge in [0.15, 0.2) is 6.54 Å². The molecule has 0 aliphatic carbocycles. The van der Waals surface area contributed by atoms with Gasteiger partial charge in [0.25, 0.3) is 5.91 Å². The number of urea groups is 1. The second kappa shape index (κ2) is 8.12. The number of rotatable bonds is 5. The first-order chi connectivity index (χ1) is 12.0. The molecule has 25 heavy (non-hydrogen) atoms. The summed E-state index contributed by atoms with van der Waals surface area (Å²) in [5, 5.41) is 9.40. The summed E-state index contributed by atoms with van der Waals surface area (Å²) in [7, 11) is 0. The molecule has 0 bridgehead atoms. The fourth-order valence-corrected chi connectivity index (χ4v) is 4.99. The first-order valence-electron chi connectivity index (χ1n) is 8.56. The van der Waals surface area contributed by atoms with Gasteiger partial charge in [-0.05, 0) is 28.8 Å². The summed E-state index contributed by atoms with van der Waals surface area (Å²) in [5.41, 5.74) is 1.32. The number of amides is 3. The highest BCUT2D eigenvalue weighted by Crippen LogP contribution is 2.31. The predicted octanol–water partition coefficient (Wildman–Crippen LogP) is 1.82. The lowest BCUT2D eigenvalue weighted by Gasteiger charge is -2.31. The summed E-state index contributed by atoms with van der Waals surface area (Å²) in [6.45, 7) is 5.80. The zero-order valence-corrected chi connectivity index (χ0v) is 16.1. The average Bonchev–Trinajstić information content (AvgIpc) is 3.23. The molecule has 3 N–H and O–H groups in total. The molecular formula is C18H24N3O2S2+. The quantitative estimate of drug-likeness (QED) is 0.743. The molecule has 3 rings (SSSR count). The zero-order chi connectivity index (χ0) is 17.8. The van der Waals surface area contributed by atoms with Crippen LogP contribution in [0.4, 0.5) is 4.79 Å². The van der Waals surface area contributed by atoms with Crippen molar-refractivity contribution in [2.24, 2.45) is 5.92 Å². The number of hydrogen-bond acceptors (Lipinski definition) is 4. The van der Waals surface area contributed by atoms with Gasteiger partial charge in [0.05, 0.1) is 11.4 Å². The lowest BCUT2D eigenvalue weighted by Crippen LogP contribution is -3.14. The van der Waals surface area contributed by atoms with Crippen LogP contribution in [0.1, 0.15) is 35.2 Å². The van der Waals surface area contributed by atoms with Gasteiger partial charge in [0.2, 0.25) is 0 Å². The molecule has 0 radical (unpaired) electrons. The van der Waals surface area contributed by atoms with Crippen LogP contribution in [-0.4, -0.2) is 31.6 Å². The first kappa shape index (κ1) is 18.1. The maximum atomic E-state index is 12.3. The van der Waals surface area contributed by atoms with Gasteiger partial charge < -0.3 is 10.2 Å². The standard InChI is InChI=1S/C18H23N3O2S2/c1-12(2)10-19-18(23)20-16(22)11-21-7-5-14-13(6-9-25-14)17(21)15-4-3-8-24-15/h3-4,6,8-9,12,17H,5,7,10-11H2,1-2H3,(H2,19,20,22,23)/p+1/t17-/m1/s1. The van der Waals surface area contributed by atoms with Crippen molar-refractivity contribution < 1.29 is 14.5 Å². The molecule has 3 amide bonds. The van der Waals surface area contributed by atoms with Crippen LogP contribution >= 0.6 is 22.7 Å². The van der Waals surface area contributed by atoms with Crippen molar-refractivity contribution in [2.75, 3.05) is 19.6 Å². The molecule has 0 aromatic carbocycles. The molecule has 134 valence electrons. The van der Waals surface area contributed by atoms with E-state index in [1.807, 2.05) is 13.8 Å². The second-order valence-corrected chi connectivity index (χ2v) is 8.71. The summed E-state index contributed by atoms with van der Waals surface area (Å²) in [4.78, 5) is 28.0. The predicted molar refractivity (Wildman–Crippen MR) is 101 cm³/mol. The van der Waals surface area contributed by atoms with Gasteiger partial charge in [0.1, 0.15) is 6.04 Å². The molecule has 3 heterocycles. The van der Waals surface area contributed by atoms with Crippen molar-refractivity contribution in [1.82, 2.24) is 10.6 Å². The number of carbonyl (C=O) groups excluding carboxylic acids is 2. The molecule has 7 heteroatoms. The summed E-state index contributed by atoms with van der Waals surface area (Å²) in [6, 6.07) is 6.14. The van der Waals surface area contributed by atoms with Crippen LogP contribution in [0.5, 0.6) is 0 Å². The highest BCUT2D eigenvalue weighted by atomic mass is 32.1. The Morgan fingerprint density at radius 1 is 1.28 bits per heavy atom. The molecule has 5 nitrogen and oxygen atoms in total. The van der Waals surface area contributed by atoms with Crippen molar-refractivity contribution >= 4 is 34.6 Å². The molecule has 0 fully saturated rings. The number of fused-ring (bicyclic) bond motifs is 1. The van der Waals surface area contributed by atoms with E-state index in [9.17, 15) is 9.59 Å². The molecular weight excluding hydrogens is 354 g/mol. The van der Waals surface area contributed by atoms with E-state index >= 15 is 0 Å². The molecule has 2 aromatic rings. The van der Waals surface area contributed by atoms with Gasteiger partial charge in [-0.1, -0.05) is 19.9 Å². The Bertz CT molecular complexity index is 725. The van der Waals surface area contributed by atoms with Gasteiger partial charge in [0, 0.05) is 23.4 Å². The maximum absolute atomic E-state index is 12.3. The van der Waals surface area contributed by atoms with E-state index in [0.717, 1.165) is 13.0 Å². The molecule has 0 saturated carbocycles. The smallest absolute Gasteiger partial charge is 0.321 e. The van der Waals surface area contributed by atoms with Crippen molar-refractivity contribution in [2.45, 2.75) is 26.3 Å². The third kappa shape index (κ3) is 4.48. The van der Waals surface area contributed by atoms with Gasteiger partial charge in [-0.2, -0.15) is 0 Å². The van der Waals surface area contributed by atoms with Gasteiger partial charge in [-0.15, -0.1) is 22.7 Å². The van der Waals surface area contributed by atoms with E-state index in [-0.39, 0.29) is 11.9 Å². The Kier molecular flexibility index (Phi) is 5.88. The largest absolute Gasteiger partial charge is 0.338 e. The zero-order valence-electron chi connectivity index (χ0n) is 14.5. The highest BCUT2D eigenvalue weighted by Gasteiger charge is 2.35. The summed E-state index contributed by atoms with van der Waals surface area (Å²) >= 11 is 3.52. The second-order valence-electron chi connectivity index (χ2n) is 6.73. The summed E-state index contributed by atoms with van der Waals surface area (Å²) in [5.74, 6) is 0.130. The van der Waals surface area contributed by atoms with Crippen LogP contribution < -0.4 is 15.5 Å². The van der Waals surface area contributed by atoms with Crippen LogP contribution in [0.25, 0.3) is 0 Å². The molecule has 2 atom stereocenters. The minimum absolute atomic E-state index is 0.180. The van der Waals surface area contributed by atoms with Crippen LogP contribution in [-0.2, 0) is 11.2 Å². The van der Waals surface area contributed by atoms with Crippen molar-refractivity contribution in [3.63, 3.8) is 0 Å². The number of hydrogen-bond donors (Lipinski definition) is 3. The normalized spacial score (nSPS) is 19.5. The molecule has 2 aromatic heterocycles. The summed E-state index contributed by atoms with van der Waals surface area (Å²) in [6.07, 6.45) is 0.983. The Morgan fingerprint density at radius 2 is 2.12 bits per heavy atom. The van der Waals surface area contributed by atoms with E-state index < -0.39 is 6.03 Å². The van der Waals surface area contributed by atoms with Gasteiger partial charge >= 0.3 is 6.03 Å². The molecule has 1 unspecified atom stereocenters. The third-order valence-electron chi connectivity index (χ3n) is 4.31. The van der Waals surface area contributed by atoms with E-state index in [4.69, 9.17) is 0 Å². The number of carbonyl (C=O) groups is 2. The number of thiophene rings is 2. The number of nitrogens with one attached hydrogen (secondary N) is 3. The maximum Gasteiger partial charge on any atom is 0.321 e. The van der Waals surface area contributed by atoms with E-state index in [0.29, 0.717) is 19.0 Å². The SMILES string of the molecule is CC(C)CNC(=O)NC(=O)C[NH+]1CCc2sccc2[C@@H]1c1cccs1. The Labute approximate surface area is 156 Å². The van der Waals surface area contributed by atoms with Gasteiger partial charge in [-0.25, -0.2) is 4.79 Å². The topological polar surface area (TPSA) is 62.6 Å². The minimum Gasteiger partial charge on any atom is -0.338 e. The van der Waals surface area contributed by atoms with Gasteiger partial charge in [-0.3, -0.25) is 10.1 Å². The average molecular weight is 379 g/mol. The Morgan fingerprint density at radius 3 is 2.84 bits per heavy atom. The molecule has 1 aliphatic rings. The minimum atomic E-state index is -0.404. The molecule has 1 aliphatic heterocycles. The Hall–Kier alpha value is -1.70. The fraction of sp³-hybridized carbons (Fsp3) is 0.444. The number of quaternary nitrogens is 1. The van der Waals surface area contributed by atoms with Crippen LogP contribution in [0.15, 0.2) is 29.0 Å². The lowest BCUT2D eigenvalue weighted by molar-refractivity contribution is -0.919. The first-order valence-corrected chi connectivity index (χ1v) is 10.3. The molecule has 0 saturated heterocycles. The van der Waals surface area contributed by atoms with E-state index in [1.54, 1.807) is 22.7 Å². The van der Waals surface area contributed by atoms with E-state index in [2.05, 4.69) is 39.6 Å². The lowest BCUT2D eigenvalue weighted by atomic mass is 9.98. The van der Waals surface area contributed by atoms with Crippen molar-refractivity contribution in [3.8, 4) is 0 Å². The van der Waals surface area contributed by atoms with Crippen molar-refractivity contribution in [3.05, 3.63) is 44.3 Å². The monoisotopic (exact) mass is 378 g/mol. The van der Waals surface area contributed by atoms with Crippen LogP contribution in [0.3, 0.4) is 0 Å². The molecule has 0 spiro atoms. The summed E-state index contributed by atoms with van der Waals surface area (Å²) < 4.78 is 0. The van der Waals surface area contributed by atoms with Crippen LogP contribution in [0.2, 0.25) is 0 Å².